The van der Waals surface area contributed by atoms with E-state index in [1.807, 2.05) is 6.07 Å². The molecule has 0 atom stereocenters. The molecule has 3 nitrogen and oxygen atoms in total. The van der Waals surface area contributed by atoms with Gasteiger partial charge in [-0.3, -0.25) is 0 Å². The van der Waals surface area contributed by atoms with Gasteiger partial charge >= 0.3 is 0 Å². The standard InChI is InChI=1S/C16H24N2OS/c1-6-7-10-17-15-18-13-12(19-5)9-8-11(14(13)20-15)16(2,3)4/h8-9H,6-7,10H2,1-5H3,(H,17,18). The van der Waals surface area contributed by atoms with Crippen LogP contribution in [0.3, 0.4) is 0 Å². The van der Waals surface area contributed by atoms with Gasteiger partial charge in [0.15, 0.2) is 5.13 Å². The molecule has 0 amide bonds. The van der Waals surface area contributed by atoms with Crippen LogP contribution >= 0.6 is 11.3 Å². The minimum atomic E-state index is 0.109. The third-order valence-corrected chi connectivity index (χ3v) is 4.39. The Morgan fingerprint density at radius 3 is 2.65 bits per heavy atom. The molecular weight excluding hydrogens is 268 g/mol. The average Bonchev–Trinajstić information content (AvgIpc) is 2.80. The third kappa shape index (κ3) is 3.06. The molecule has 20 heavy (non-hydrogen) atoms. The highest BCUT2D eigenvalue weighted by molar-refractivity contribution is 7.22. The van der Waals surface area contributed by atoms with Crippen molar-refractivity contribution in [1.29, 1.82) is 0 Å². The van der Waals surface area contributed by atoms with Crippen LogP contribution in [0.1, 0.15) is 46.1 Å². The monoisotopic (exact) mass is 292 g/mol. The number of benzene rings is 1. The summed E-state index contributed by atoms with van der Waals surface area (Å²) in [5.74, 6) is 0.854. The van der Waals surface area contributed by atoms with Gasteiger partial charge in [-0.15, -0.1) is 0 Å². The van der Waals surface area contributed by atoms with E-state index in [9.17, 15) is 0 Å². The Hall–Kier alpha value is -1.29. The number of aromatic nitrogens is 1. The maximum atomic E-state index is 5.45. The molecule has 2 rings (SSSR count). The van der Waals surface area contributed by atoms with Crippen molar-refractivity contribution >= 4 is 26.7 Å². The Balaban J connectivity index is 2.46. The predicted molar refractivity (Wildman–Crippen MR) is 88.3 cm³/mol. The number of ether oxygens (including phenoxy) is 1. The molecule has 1 aromatic carbocycles. The smallest absolute Gasteiger partial charge is 0.183 e. The summed E-state index contributed by atoms with van der Waals surface area (Å²) in [4.78, 5) is 4.71. The molecule has 0 aliphatic heterocycles. The number of methoxy groups -OCH3 is 1. The first-order chi connectivity index (χ1) is 9.47. The van der Waals surface area contributed by atoms with Crippen LogP contribution in [0.25, 0.3) is 10.2 Å². The number of fused-ring (bicyclic) bond motifs is 1. The fraction of sp³-hybridized carbons (Fsp3) is 0.562. The SMILES string of the molecule is CCCCNc1nc2c(OC)ccc(C(C)(C)C)c2s1. The van der Waals surface area contributed by atoms with Gasteiger partial charge in [-0.25, -0.2) is 4.98 Å². The van der Waals surface area contributed by atoms with Gasteiger partial charge in [0.25, 0.3) is 0 Å². The Bertz CT molecular complexity index is 584. The van der Waals surface area contributed by atoms with Crippen LogP contribution in [-0.4, -0.2) is 18.6 Å². The van der Waals surface area contributed by atoms with Gasteiger partial charge in [-0.05, 0) is 23.5 Å². The second-order valence-corrected chi connectivity index (χ2v) is 7.04. The van der Waals surface area contributed by atoms with E-state index in [2.05, 4.69) is 39.1 Å². The number of anilines is 1. The van der Waals surface area contributed by atoms with E-state index in [1.54, 1.807) is 18.4 Å². The molecule has 0 fully saturated rings. The van der Waals surface area contributed by atoms with Crippen LogP contribution in [0.5, 0.6) is 5.75 Å². The largest absolute Gasteiger partial charge is 0.494 e. The zero-order valence-corrected chi connectivity index (χ0v) is 13.9. The summed E-state index contributed by atoms with van der Waals surface area (Å²) in [6.45, 7) is 9.87. The molecule has 0 spiro atoms. The summed E-state index contributed by atoms with van der Waals surface area (Å²) in [6, 6.07) is 4.19. The zero-order chi connectivity index (χ0) is 14.8. The van der Waals surface area contributed by atoms with Crippen LogP contribution in [0.15, 0.2) is 12.1 Å². The second kappa shape index (κ2) is 6.00. The number of rotatable bonds is 5. The minimum Gasteiger partial charge on any atom is -0.494 e. The van der Waals surface area contributed by atoms with E-state index in [0.29, 0.717) is 0 Å². The summed E-state index contributed by atoms with van der Waals surface area (Å²) in [5.41, 5.74) is 2.41. The molecule has 1 heterocycles. The molecule has 0 saturated carbocycles. The lowest BCUT2D eigenvalue weighted by Gasteiger charge is -2.20. The normalized spacial score (nSPS) is 11.8. The van der Waals surface area contributed by atoms with Crippen LogP contribution < -0.4 is 10.1 Å². The number of nitrogens with zero attached hydrogens (tertiary/aromatic N) is 1. The van der Waals surface area contributed by atoms with Crippen LogP contribution in [0.2, 0.25) is 0 Å². The molecule has 1 aromatic heterocycles. The van der Waals surface area contributed by atoms with Gasteiger partial charge in [0.1, 0.15) is 11.3 Å². The Kier molecular flexibility index (Phi) is 4.53. The van der Waals surface area contributed by atoms with Crippen molar-refractivity contribution in [2.75, 3.05) is 19.0 Å². The highest BCUT2D eigenvalue weighted by Gasteiger charge is 2.21. The van der Waals surface area contributed by atoms with E-state index >= 15 is 0 Å². The van der Waals surface area contributed by atoms with Crippen LogP contribution in [0.4, 0.5) is 5.13 Å². The molecule has 0 saturated heterocycles. The van der Waals surface area contributed by atoms with Crippen LogP contribution in [-0.2, 0) is 5.41 Å². The summed E-state index contributed by atoms with van der Waals surface area (Å²) < 4.78 is 6.68. The minimum absolute atomic E-state index is 0.109. The van der Waals surface area contributed by atoms with E-state index in [1.165, 1.54) is 23.1 Å². The molecule has 0 aliphatic rings. The zero-order valence-electron chi connectivity index (χ0n) is 13.0. The topological polar surface area (TPSA) is 34.2 Å². The lowest BCUT2D eigenvalue weighted by molar-refractivity contribution is 0.418. The van der Waals surface area contributed by atoms with E-state index in [-0.39, 0.29) is 5.41 Å². The molecular formula is C16H24N2OS. The highest BCUT2D eigenvalue weighted by Crippen LogP contribution is 2.39. The van der Waals surface area contributed by atoms with Gasteiger partial charge in [-0.2, -0.15) is 0 Å². The van der Waals surface area contributed by atoms with Crippen molar-refractivity contribution < 1.29 is 4.74 Å². The van der Waals surface area contributed by atoms with Gasteiger partial charge in [0.2, 0.25) is 0 Å². The number of hydrogen-bond donors (Lipinski definition) is 1. The number of unbranched alkanes of at least 4 members (excludes halogenated alkanes) is 1. The van der Waals surface area contributed by atoms with Crippen molar-refractivity contribution in [3.05, 3.63) is 17.7 Å². The number of nitrogens with one attached hydrogen (secondary N) is 1. The third-order valence-electron chi connectivity index (χ3n) is 3.34. The van der Waals surface area contributed by atoms with E-state index in [4.69, 9.17) is 9.72 Å². The summed E-state index contributed by atoms with van der Waals surface area (Å²) in [7, 11) is 1.70. The number of hydrogen-bond acceptors (Lipinski definition) is 4. The fourth-order valence-corrected chi connectivity index (χ4v) is 3.42. The first-order valence-electron chi connectivity index (χ1n) is 7.19. The second-order valence-electron chi connectivity index (χ2n) is 6.04. The van der Waals surface area contributed by atoms with Crippen molar-refractivity contribution in [3.8, 4) is 5.75 Å². The van der Waals surface area contributed by atoms with Gasteiger partial charge < -0.3 is 10.1 Å². The highest BCUT2D eigenvalue weighted by atomic mass is 32.1. The van der Waals surface area contributed by atoms with E-state index in [0.717, 1.165) is 22.9 Å². The summed E-state index contributed by atoms with van der Waals surface area (Å²) in [6.07, 6.45) is 2.35. The van der Waals surface area contributed by atoms with Gasteiger partial charge in [0.05, 0.1) is 11.8 Å². The molecule has 110 valence electrons. The van der Waals surface area contributed by atoms with E-state index < -0.39 is 0 Å². The maximum Gasteiger partial charge on any atom is 0.183 e. The van der Waals surface area contributed by atoms with Crippen molar-refractivity contribution in [3.63, 3.8) is 0 Å². The van der Waals surface area contributed by atoms with Crippen molar-refractivity contribution in [2.45, 2.75) is 46.0 Å². The Morgan fingerprint density at radius 1 is 1.30 bits per heavy atom. The van der Waals surface area contributed by atoms with Crippen molar-refractivity contribution in [1.82, 2.24) is 4.98 Å². The first-order valence-corrected chi connectivity index (χ1v) is 8.01. The van der Waals surface area contributed by atoms with Crippen LogP contribution in [0, 0.1) is 0 Å². The molecule has 0 unspecified atom stereocenters. The average molecular weight is 292 g/mol. The maximum absolute atomic E-state index is 5.45. The summed E-state index contributed by atoms with van der Waals surface area (Å²) >= 11 is 1.73. The molecule has 0 radical (unpaired) electrons. The molecule has 0 aliphatic carbocycles. The lowest BCUT2D eigenvalue weighted by atomic mass is 9.87. The lowest BCUT2D eigenvalue weighted by Crippen LogP contribution is -2.11. The number of thiazole rings is 1. The van der Waals surface area contributed by atoms with Gasteiger partial charge in [0, 0.05) is 6.54 Å². The Morgan fingerprint density at radius 2 is 2.05 bits per heavy atom. The first kappa shape index (κ1) is 15.1. The summed E-state index contributed by atoms with van der Waals surface area (Å²) in [5, 5.41) is 4.41. The van der Waals surface area contributed by atoms with Gasteiger partial charge in [-0.1, -0.05) is 51.5 Å². The van der Waals surface area contributed by atoms with Crippen molar-refractivity contribution in [2.24, 2.45) is 0 Å². The predicted octanol–water partition coefficient (Wildman–Crippen LogP) is 4.81. The fourth-order valence-electron chi connectivity index (χ4n) is 2.19. The molecule has 0 bridgehead atoms. The quantitative estimate of drug-likeness (QED) is 0.803. The molecule has 2 aromatic rings. The Labute approximate surface area is 125 Å². The molecule has 4 heteroatoms. The molecule has 1 N–H and O–H groups in total.